The number of nitriles is 1. The number of hydrogen-bond donors (Lipinski definition) is 0. The van der Waals surface area contributed by atoms with Gasteiger partial charge in [0.15, 0.2) is 0 Å². The highest BCUT2D eigenvalue weighted by Crippen LogP contribution is 2.23. The van der Waals surface area contributed by atoms with Gasteiger partial charge in [-0.25, -0.2) is 4.98 Å². The highest BCUT2D eigenvalue weighted by atomic mass is 127. The summed E-state index contributed by atoms with van der Waals surface area (Å²) in [6.07, 6.45) is 1.76. The highest BCUT2D eigenvalue weighted by molar-refractivity contribution is 14.1. The molecule has 0 saturated heterocycles. The first-order valence-electron chi connectivity index (χ1n) is 4.50. The summed E-state index contributed by atoms with van der Waals surface area (Å²) in [5.74, 6) is 0.787. The Morgan fingerprint density at radius 1 is 1.50 bits per heavy atom. The Hall–Kier alpha value is -1.13. The molecule has 0 spiro atoms. The Kier molecular flexibility index (Phi) is 3.74. The van der Waals surface area contributed by atoms with Gasteiger partial charge in [-0.2, -0.15) is 5.26 Å². The number of hydrogen-bond acceptors (Lipinski definition) is 4. The van der Waals surface area contributed by atoms with Gasteiger partial charge in [-0.05, 0) is 40.8 Å². The molecule has 16 heavy (non-hydrogen) atoms. The molecular formula is C11H7IN2OS. The molecule has 0 amide bonds. The highest BCUT2D eigenvalue weighted by Gasteiger charge is 2.03. The van der Waals surface area contributed by atoms with Crippen LogP contribution in [-0.4, -0.2) is 4.98 Å². The molecule has 0 fully saturated rings. The molecule has 2 aromatic rings. The number of halogens is 1. The van der Waals surface area contributed by atoms with E-state index >= 15 is 0 Å². The van der Waals surface area contributed by atoms with Crippen molar-refractivity contribution in [1.82, 2.24) is 4.98 Å². The van der Waals surface area contributed by atoms with Gasteiger partial charge in [0, 0.05) is 11.6 Å². The molecule has 0 aliphatic carbocycles. The Labute approximate surface area is 111 Å². The topological polar surface area (TPSA) is 45.9 Å². The van der Waals surface area contributed by atoms with Crippen LogP contribution in [0.5, 0.6) is 5.75 Å². The zero-order valence-electron chi connectivity index (χ0n) is 8.18. The standard InChI is InChI=1S/C11H7IN2OS/c12-9-5-8(6-13)1-2-10(9)15-7-11-14-3-4-16-11/h1-5H,7H2. The largest absolute Gasteiger partial charge is 0.485 e. The fourth-order valence-corrected chi connectivity index (χ4v) is 2.35. The van der Waals surface area contributed by atoms with Crippen LogP contribution < -0.4 is 4.74 Å². The van der Waals surface area contributed by atoms with Crippen molar-refractivity contribution in [2.24, 2.45) is 0 Å². The first kappa shape index (κ1) is 11.4. The van der Waals surface area contributed by atoms with E-state index < -0.39 is 0 Å². The molecule has 3 nitrogen and oxygen atoms in total. The van der Waals surface area contributed by atoms with E-state index in [1.165, 1.54) is 0 Å². The molecule has 0 N–H and O–H groups in total. The molecule has 0 unspecified atom stereocenters. The molecule has 0 radical (unpaired) electrons. The van der Waals surface area contributed by atoms with Gasteiger partial charge >= 0.3 is 0 Å². The normalized spacial score (nSPS) is 9.75. The lowest BCUT2D eigenvalue weighted by Gasteiger charge is -2.06. The second kappa shape index (κ2) is 5.27. The van der Waals surface area contributed by atoms with E-state index in [2.05, 4.69) is 33.6 Å². The summed E-state index contributed by atoms with van der Waals surface area (Å²) in [5, 5.41) is 11.6. The molecule has 80 valence electrons. The van der Waals surface area contributed by atoms with Crippen molar-refractivity contribution >= 4 is 33.9 Å². The number of ether oxygens (including phenoxy) is 1. The number of nitrogens with zero attached hydrogens (tertiary/aromatic N) is 2. The maximum absolute atomic E-state index is 8.73. The van der Waals surface area contributed by atoms with E-state index in [1.54, 1.807) is 29.7 Å². The maximum atomic E-state index is 8.73. The van der Waals surface area contributed by atoms with Crippen LogP contribution >= 0.6 is 33.9 Å². The summed E-state index contributed by atoms with van der Waals surface area (Å²) in [6, 6.07) is 7.46. The lowest BCUT2D eigenvalue weighted by atomic mass is 10.2. The lowest BCUT2D eigenvalue weighted by Crippen LogP contribution is -1.96. The Balaban J connectivity index is 2.08. The van der Waals surface area contributed by atoms with Crippen LogP contribution in [0.1, 0.15) is 10.6 Å². The van der Waals surface area contributed by atoms with Crippen LogP contribution in [0.2, 0.25) is 0 Å². The van der Waals surface area contributed by atoms with Crippen molar-refractivity contribution in [2.75, 3.05) is 0 Å². The van der Waals surface area contributed by atoms with Crippen LogP contribution in [-0.2, 0) is 6.61 Å². The fourth-order valence-electron chi connectivity index (χ4n) is 1.15. The number of aromatic nitrogens is 1. The molecule has 1 aromatic carbocycles. The smallest absolute Gasteiger partial charge is 0.140 e. The third-order valence-electron chi connectivity index (χ3n) is 1.90. The second-order valence-corrected chi connectivity index (χ2v) is 5.11. The van der Waals surface area contributed by atoms with E-state index in [9.17, 15) is 0 Å². The van der Waals surface area contributed by atoms with Gasteiger partial charge in [0.1, 0.15) is 17.4 Å². The Morgan fingerprint density at radius 3 is 3.00 bits per heavy atom. The summed E-state index contributed by atoms with van der Waals surface area (Å²) < 4.78 is 6.55. The van der Waals surface area contributed by atoms with Crippen molar-refractivity contribution < 1.29 is 4.74 Å². The van der Waals surface area contributed by atoms with Crippen LogP contribution in [0.15, 0.2) is 29.8 Å². The molecule has 0 saturated carbocycles. The summed E-state index contributed by atoms with van der Waals surface area (Å²) in [4.78, 5) is 4.13. The predicted octanol–water partition coefficient (Wildman–Crippen LogP) is 3.20. The average molecular weight is 342 g/mol. The lowest BCUT2D eigenvalue weighted by molar-refractivity contribution is 0.303. The van der Waals surface area contributed by atoms with Gasteiger partial charge in [0.05, 0.1) is 15.2 Å². The van der Waals surface area contributed by atoms with Crippen molar-refractivity contribution in [2.45, 2.75) is 6.61 Å². The van der Waals surface area contributed by atoms with Crippen molar-refractivity contribution in [3.05, 3.63) is 43.9 Å². The van der Waals surface area contributed by atoms with Crippen LogP contribution in [0.25, 0.3) is 0 Å². The van der Waals surface area contributed by atoms with Gasteiger partial charge in [-0.1, -0.05) is 0 Å². The summed E-state index contributed by atoms with van der Waals surface area (Å²) in [6.45, 7) is 0.472. The zero-order valence-corrected chi connectivity index (χ0v) is 11.2. The molecule has 1 heterocycles. The van der Waals surface area contributed by atoms with Crippen molar-refractivity contribution in [1.29, 1.82) is 5.26 Å². The Morgan fingerprint density at radius 2 is 2.38 bits per heavy atom. The summed E-state index contributed by atoms with van der Waals surface area (Å²) in [7, 11) is 0. The fraction of sp³-hybridized carbons (Fsp3) is 0.0909. The average Bonchev–Trinajstić information content (AvgIpc) is 2.80. The molecule has 0 aliphatic heterocycles. The first-order valence-corrected chi connectivity index (χ1v) is 6.46. The van der Waals surface area contributed by atoms with E-state index in [0.29, 0.717) is 12.2 Å². The minimum absolute atomic E-state index is 0.472. The molecule has 1 aromatic heterocycles. The SMILES string of the molecule is N#Cc1ccc(OCc2nccs2)c(I)c1. The van der Waals surface area contributed by atoms with Crippen molar-refractivity contribution in [3.63, 3.8) is 0 Å². The van der Waals surface area contributed by atoms with Gasteiger partial charge in [-0.3, -0.25) is 0 Å². The maximum Gasteiger partial charge on any atom is 0.140 e. The van der Waals surface area contributed by atoms with Crippen LogP contribution in [0, 0.1) is 14.9 Å². The minimum atomic E-state index is 0.472. The van der Waals surface area contributed by atoms with Crippen LogP contribution in [0.4, 0.5) is 0 Å². The monoisotopic (exact) mass is 342 g/mol. The van der Waals surface area contributed by atoms with E-state index in [-0.39, 0.29) is 0 Å². The molecule has 0 bridgehead atoms. The minimum Gasteiger partial charge on any atom is -0.485 e. The van der Waals surface area contributed by atoms with E-state index in [1.807, 2.05) is 11.4 Å². The van der Waals surface area contributed by atoms with Crippen LogP contribution in [0.3, 0.4) is 0 Å². The second-order valence-electron chi connectivity index (χ2n) is 2.97. The number of rotatable bonds is 3. The summed E-state index contributed by atoms with van der Waals surface area (Å²) >= 11 is 3.72. The molecule has 0 atom stereocenters. The quantitative estimate of drug-likeness (QED) is 0.805. The predicted molar refractivity (Wildman–Crippen MR) is 70.3 cm³/mol. The van der Waals surface area contributed by atoms with Gasteiger partial charge in [0.2, 0.25) is 0 Å². The van der Waals surface area contributed by atoms with Gasteiger partial charge < -0.3 is 4.74 Å². The molecular weight excluding hydrogens is 335 g/mol. The Bertz CT molecular complexity index is 519. The third-order valence-corrected chi connectivity index (χ3v) is 3.49. The van der Waals surface area contributed by atoms with Gasteiger partial charge in [0.25, 0.3) is 0 Å². The first-order chi connectivity index (χ1) is 7.79. The number of thiazole rings is 1. The molecule has 5 heteroatoms. The molecule has 0 aliphatic rings. The summed E-state index contributed by atoms with van der Waals surface area (Å²) in [5.41, 5.74) is 0.644. The third kappa shape index (κ3) is 2.71. The van der Waals surface area contributed by atoms with Gasteiger partial charge in [-0.15, -0.1) is 11.3 Å². The number of benzene rings is 1. The van der Waals surface area contributed by atoms with E-state index in [0.717, 1.165) is 14.3 Å². The van der Waals surface area contributed by atoms with Crippen molar-refractivity contribution in [3.8, 4) is 11.8 Å². The molecule has 2 rings (SSSR count). The zero-order chi connectivity index (χ0) is 11.4. The van der Waals surface area contributed by atoms with E-state index in [4.69, 9.17) is 10.00 Å².